The Morgan fingerprint density at radius 3 is 2.67 bits per heavy atom. The third kappa shape index (κ3) is 3.20. The molecule has 1 aromatic carbocycles. The first kappa shape index (κ1) is 12.0. The lowest BCUT2D eigenvalue weighted by atomic mass is 10.1. The molecule has 0 aliphatic carbocycles. The molecule has 0 aliphatic heterocycles. The van der Waals surface area contributed by atoms with Crippen molar-refractivity contribution in [2.24, 2.45) is 0 Å². The highest BCUT2D eigenvalue weighted by molar-refractivity contribution is 5.30. The van der Waals surface area contributed by atoms with Gasteiger partial charge in [0.25, 0.3) is 0 Å². The fraction of sp³-hybridized carbons (Fsp3) is 0.500. The van der Waals surface area contributed by atoms with E-state index in [1.165, 1.54) is 6.07 Å². The van der Waals surface area contributed by atoms with Gasteiger partial charge in [0.1, 0.15) is 0 Å². The van der Waals surface area contributed by atoms with E-state index in [0.29, 0.717) is 12.4 Å². The highest BCUT2D eigenvalue weighted by atomic mass is 19.1. The van der Waals surface area contributed by atoms with Crippen LogP contribution in [0.15, 0.2) is 18.2 Å². The fourth-order valence-electron chi connectivity index (χ4n) is 1.48. The second-order valence-electron chi connectivity index (χ2n) is 3.40. The van der Waals surface area contributed by atoms with Crippen molar-refractivity contribution in [3.63, 3.8) is 0 Å². The summed E-state index contributed by atoms with van der Waals surface area (Å²) in [5, 5.41) is 3.23. The van der Waals surface area contributed by atoms with E-state index in [4.69, 9.17) is 4.74 Å². The van der Waals surface area contributed by atoms with Gasteiger partial charge in [-0.05, 0) is 38.1 Å². The van der Waals surface area contributed by atoms with E-state index in [-0.39, 0.29) is 11.9 Å². The molecule has 3 heteroatoms. The molecule has 0 heterocycles. The van der Waals surface area contributed by atoms with Gasteiger partial charge in [0.15, 0.2) is 11.6 Å². The van der Waals surface area contributed by atoms with Crippen molar-refractivity contribution in [3.8, 4) is 5.75 Å². The van der Waals surface area contributed by atoms with Crippen molar-refractivity contribution >= 4 is 0 Å². The molecule has 0 saturated heterocycles. The van der Waals surface area contributed by atoms with Gasteiger partial charge in [-0.3, -0.25) is 0 Å². The summed E-state index contributed by atoms with van der Waals surface area (Å²) in [5.74, 6) is 0.0315. The van der Waals surface area contributed by atoms with E-state index in [1.54, 1.807) is 6.07 Å². The smallest absolute Gasteiger partial charge is 0.165 e. The molecule has 0 aliphatic rings. The van der Waals surface area contributed by atoms with Gasteiger partial charge >= 0.3 is 0 Å². The van der Waals surface area contributed by atoms with Crippen LogP contribution in [-0.4, -0.2) is 13.2 Å². The van der Waals surface area contributed by atoms with Crippen LogP contribution in [0.3, 0.4) is 0 Å². The lowest BCUT2D eigenvalue weighted by Crippen LogP contribution is -2.17. The summed E-state index contributed by atoms with van der Waals surface area (Å²) in [6.45, 7) is 7.24. The predicted octanol–water partition coefficient (Wildman–Crippen LogP) is 2.89. The SMILES string of the molecule is CCNC(C)c1ccc(OCC)c(F)c1. The fourth-order valence-corrected chi connectivity index (χ4v) is 1.48. The first-order valence-electron chi connectivity index (χ1n) is 5.34. The zero-order valence-electron chi connectivity index (χ0n) is 9.51. The molecule has 0 amide bonds. The lowest BCUT2D eigenvalue weighted by Gasteiger charge is -2.13. The van der Waals surface area contributed by atoms with Gasteiger partial charge in [0.05, 0.1) is 6.61 Å². The number of hydrogen-bond acceptors (Lipinski definition) is 2. The number of halogens is 1. The van der Waals surface area contributed by atoms with Crippen LogP contribution < -0.4 is 10.1 Å². The van der Waals surface area contributed by atoms with Crippen molar-refractivity contribution < 1.29 is 9.13 Å². The highest BCUT2D eigenvalue weighted by Crippen LogP contribution is 2.21. The summed E-state index contributed by atoms with van der Waals surface area (Å²) in [6, 6.07) is 5.27. The summed E-state index contributed by atoms with van der Waals surface area (Å²) in [4.78, 5) is 0. The third-order valence-electron chi connectivity index (χ3n) is 2.27. The van der Waals surface area contributed by atoms with Gasteiger partial charge in [0, 0.05) is 6.04 Å². The molecule has 0 aromatic heterocycles. The second-order valence-corrected chi connectivity index (χ2v) is 3.40. The molecule has 2 nitrogen and oxygen atoms in total. The summed E-state index contributed by atoms with van der Waals surface area (Å²) >= 11 is 0. The number of nitrogens with one attached hydrogen (secondary N) is 1. The average Bonchev–Trinajstić information content (AvgIpc) is 2.21. The van der Waals surface area contributed by atoms with Gasteiger partial charge in [-0.1, -0.05) is 13.0 Å². The second kappa shape index (κ2) is 5.71. The largest absolute Gasteiger partial charge is 0.491 e. The van der Waals surface area contributed by atoms with E-state index in [0.717, 1.165) is 12.1 Å². The molecular weight excluding hydrogens is 193 g/mol. The Morgan fingerprint density at radius 1 is 1.40 bits per heavy atom. The summed E-state index contributed by atoms with van der Waals surface area (Å²) in [6.07, 6.45) is 0. The Hall–Kier alpha value is -1.09. The molecule has 84 valence electrons. The van der Waals surface area contributed by atoms with Gasteiger partial charge in [-0.25, -0.2) is 4.39 Å². The highest BCUT2D eigenvalue weighted by Gasteiger charge is 2.08. The molecule has 1 rings (SSSR count). The normalized spacial score (nSPS) is 12.5. The molecular formula is C12H18FNO. The maximum Gasteiger partial charge on any atom is 0.165 e. The van der Waals surface area contributed by atoms with E-state index in [9.17, 15) is 4.39 Å². The van der Waals surface area contributed by atoms with Crippen LogP contribution >= 0.6 is 0 Å². The van der Waals surface area contributed by atoms with Crippen LogP contribution in [0.1, 0.15) is 32.4 Å². The molecule has 1 aromatic rings. The van der Waals surface area contributed by atoms with Gasteiger partial charge < -0.3 is 10.1 Å². The minimum atomic E-state index is -0.292. The van der Waals surface area contributed by atoms with Crippen molar-refractivity contribution in [2.75, 3.05) is 13.2 Å². The van der Waals surface area contributed by atoms with E-state index >= 15 is 0 Å². The Balaban J connectivity index is 2.81. The Kier molecular flexibility index (Phi) is 4.56. The number of ether oxygens (including phenoxy) is 1. The van der Waals surface area contributed by atoms with E-state index < -0.39 is 0 Å². The van der Waals surface area contributed by atoms with Crippen LogP contribution in [0.25, 0.3) is 0 Å². The topological polar surface area (TPSA) is 21.3 Å². The Labute approximate surface area is 90.4 Å². The van der Waals surface area contributed by atoms with Crippen molar-refractivity contribution in [1.29, 1.82) is 0 Å². The van der Waals surface area contributed by atoms with Crippen LogP contribution in [0, 0.1) is 5.82 Å². The molecule has 0 saturated carbocycles. The molecule has 1 N–H and O–H groups in total. The molecule has 1 unspecified atom stereocenters. The zero-order chi connectivity index (χ0) is 11.3. The Bertz CT molecular complexity index is 314. The summed E-state index contributed by atoms with van der Waals surface area (Å²) < 4.78 is 18.6. The lowest BCUT2D eigenvalue weighted by molar-refractivity contribution is 0.321. The van der Waals surface area contributed by atoms with Crippen LogP contribution in [-0.2, 0) is 0 Å². The third-order valence-corrected chi connectivity index (χ3v) is 2.27. The van der Waals surface area contributed by atoms with E-state index in [1.807, 2.05) is 26.8 Å². The van der Waals surface area contributed by atoms with Gasteiger partial charge in [0.2, 0.25) is 0 Å². The molecule has 0 fully saturated rings. The van der Waals surface area contributed by atoms with Crippen LogP contribution in [0.4, 0.5) is 4.39 Å². The van der Waals surface area contributed by atoms with Crippen molar-refractivity contribution in [3.05, 3.63) is 29.6 Å². The molecule has 0 spiro atoms. The van der Waals surface area contributed by atoms with Crippen LogP contribution in [0.2, 0.25) is 0 Å². The molecule has 15 heavy (non-hydrogen) atoms. The maximum absolute atomic E-state index is 13.5. The van der Waals surface area contributed by atoms with Crippen molar-refractivity contribution in [2.45, 2.75) is 26.8 Å². The quantitative estimate of drug-likeness (QED) is 0.808. The minimum absolute atomic E-state index is 0.167. The van der Waals surface area contributed by atoms with Gasteiger partial charge in [-0.2, -0.15) is 0 Å². The summed E-state index contributed by atoms with van der Waals surface area (Å²) in [7, 11) is 0. The molecule has 0 bridgehead atoms. The first-order valence-corrected chi connectivity index (χ1v) is 5.34. The average molecular weight is 211 g/mol. The Morgan fingerprint density at radius 2 is 2.13 bits per heavy atom. The maximum atomic E-state index is 13.5. The predicted molar refractivity (Wildman–Crippen MR) is 59.7 cm³/mol. The first-order chi connectivity index (χ1) is 7.19. The zero-order valence-corrected chi connectivity index (χ0v) is 9.51. The standard InChI is InChI=1S/C12H18FNO/c1-4-14-9(3)10-6-7-12(15-5-2)11(13)8-10/h6-9,14H,4-5H2,1-3H3. The molecule has 1 atom stereocenters. The minimum Gasteiger partial charge on any atom is -0.491 e. The van der Waals surface area contributed by atoms with E-state index in [2.05, 4.69) is 5.32 Å². The van der Waals surface area contributed by atoms with Gasteiger partial charge in [-0.15, -0.1) is 0 Å². The number of benzene rings is 1. The van der Waals surface area contributed by atoms with Crippen LogP contribution in [0.5, 0.6) is 5.75 Å². The summed E-state index contributed by atoms with van der Waals surface area (Å²) in [5.41, 5.74) is 0.942. The number of rotatable bonds is 5. The van der Waals surface area contributed by atoms with Crippen molar-refractivity contribution in [1.82, 2.24) is 5.32 Å². The number of hydrogen-bond donors (Lipinski definition) is 1. The monoisotopic (exact) mass is 211 g/mol. The molecule has 0 radical (unpaired) electrons.